The van der Waals surface area contributed by atoms with Gasteiger partial charge < -0.3 is 20.1 Å². The van der Waals surface area contributed by atoms with E-state index in [1.807, 2.05) is 4.90 Å². The summed E-state index contributed by atoms with van der Waals surface area (Å²) in [7, 11) is 1.50. The summed E-state index contributed by atoms with van der Waals surface area (Å²) in [5, 5.41) is 0. The summed E-state index contributed by atoms with van der Waals surface area (Å²) in [5.41, 5.74) is 7.30. The topological polar surface area (TPSA) is 152 Å². The van der Waals surface area contributed by atoms with E-state index in [9.17, 15) is 14.4 Å². The Labute approximate surface area is 235 Å². The van der Waals surface area contributed by atoms with Gasteiger partial charge in [0.2, 0.25) is 5.95 Å². The largest absolute Gasteiger partial charge is 0.462 e. The van der Waals surface area contributed by atoms with Crippen LogP contribution in [0, 0.1) is 11.8 Å². The van der Waals surface area contributed by atoms with Gasteiger partial charge in [0.1, 0.15) is 13.2 Å². The molecule has 0 radical (unpaired) electrons. The monoisotopic (exact) mass is 560 g/mol. The molecule has 13 nitrogen and oxygen atoms in total. The van der Waals surface area contributed by atoms with Gasteiger partial charge in [-0.2, -0.15) is 4.98 Å². The summed E-state index contributed by atoms with van der Waals surface area (Å²) < 4.78 is 14.2. The van der Waals surface area contributed by atoms with E-state index in [2.05, 4.69) is 21.8 Å². The van der Waals surface area contributed by atoms with Gasteiger partial charge in [-0.25, -0.2) is 4.79 Å². The molecule has 0 spiro atoms. The summed E-state index contributed by atoms with van der Waals surface area (Å²) in [6.45, 7) is 2.87. The van der Waals surface area contributed by atoms with Crippen LogP contribution in [0.25, 0.3) is 22.2 Å². The minimum Gasteiger partial charge on any atom is -0.462 e. The van der Waals surface area contributed by atoms with Crippen molar-refractivity contribution in [2.24, 2.45) is 5.73 Å². The molecule has 5 rings (SSSR count). The fourth-order valence-corrected chi connectivity index (χ4v) is 5.01. The number of hydrogen-bond donors (Lipinski definition) is 1. The number of imidazole rings is 1. The molecule has 0 aliphatic carbocycles. The molecule has 4 heterocycles. The molecule has 1 aliphatic rings. The van der Waals surface area contributed by atoms with Crippen molar-refractivity contribution in [1.29, 1.82) is 0 Å². The van der Waals surface area contributed by atoms with Crippen LogP contribution in [-0.4, -0.2) is 74.1 Å². The number of methoxy groups -OCH3 is 1. The maximum absolute atomic E-state index is 14.0. The van der Waals surface area contributed by atoms with Gasteiger partial charge in [0, 0.05) is 38.6 Å². The third kappa shape index (κ3) is 5.84. The van der Waals surface area contributed by atoms with E-state index in [4.69, 9.17) is 20.2 Å². The van der Waals surface area contributed by atoms with Crippen LogP contribution in [0.1, 0.15) is 25.3 Å². The number of carbonyl (C=O) groups is 1. The molecule has 2 N–H and O–H groups in total. The Morgan fingerprint density at radius 1 is 1.12 bits per heavy atom. The molecule has 1 fully saturated rings. The van der Waals surface area contributed by atoms with Crippen molar-refractivity contribution < 1.29 is 14.3 Å². The minimum absolute atomic E-state index is 0.0302. The lowest BCUT2D eigenvalue weighted by molar-refractivity contribution is -0.145. The SMILES string of the molecule is CC#CCn1c(N2CCCC(N)C2)nc2c1c(=O)n(Cc1ccc3nccnc3c1)c(=O)n2CC(=O)OCCOC. The van der Waals surface area contributed by atoms with Crippen molar-refractivity contribution in [1.82, 2.24) is 28.7 Å². The highest BCUT2D eigenvalue weighted by Gasteiger charge is 2.27. The van der Waals surface area contributed by atoms with E-state index in [-0.39, 0.29) is 43.5 Å². The average Bonchev–Trinajstić information content (AvgIpc) is 3.36. The number of rotatable bonds is 9. The van der Waals surface area contributed by atoms with Crippen LogP contribution in [0.4, 0.5) is 5.95 Å². The third-order valence-electron chi connectivity index (χ3n) is 6.96. The van der Waals surface area contributed by atoms with Crippen LogP contribution in [-0.2, 0) is 33.9 Å². The van der Waals surface area contributed by atoms with E-state index in [1.165, 1.54) is 11.7 Å². The molecule has 3 aromatic heterocycles. The van der Waals surface area contributed by atoms with Gasteiger partial charge in [-0.3, -0.25) is 33.3 Å². The second-order valence-corrected chi connectivity index (χ2v) is 9.80. The van der Waals surface area contributed by atoms with Gasteiger partial charge in [0.25, 0.3) is 5.56 Å². The summed E-state index contributed by atoms with van der Waals surface area (Å²) in [5.74, 6) is 5.72. The first kappa shape index (κ1) is 28.0. The van der Waals surface area contributed by atoms with E-state index < -0.39 is 23.8 Å². The molecular formula is C28H32N8O5. The quantitative estimate of drug-likeness (QED) is 0.174. The molecule has 1 aromatic carbocycles. The standard InChI is InChI=1S/C28H32N8O5/c1-3-4-12-34-24-25(32-27(34)33-11-5-6-20(29)17-33)35(18-23(37)41-14-13-40-2)28(39)36(26(24)38)16-19-7-8-21-22(15-19)31-10-9-30-21/h7-10,15,20H,5-6,11-14,16-18,29H2,1-2H3. The van der Waals surface area contributed by atoms with Crippen LogP contribution in [0.3, 0.4) is 0 Å². The Morgan fingerprint density at radius 2 is 1.93 bits per heavy atom. The van der Waals surface area contributed by atoms with Crippen molar-refractivity contribution in [3.8, 4) is 11.8 Å². The molecule has 0 saturated carbocycles. The van der Waals surface area contributed by atoms with Crippen LogP contribution < -0.4 is 21.9 Å². The number of piperidine rings is 1. The fraction of sp³-hybridized carbons (Fsp3) is 0.429. The van der Waals surface area contributed by atoms with Gasteiger partial charge in [-0.1, -0.05) is 12.0 Å². The molecular weight excluding hydrogens is 528 g/mol. The molecule has 13 heteroatoms. The number of aromatic nitrogens is 6. The van der Waals surface area contributed by atoms with Crippen LogP contribution in [0.5, 0.6) is 0 Å². The van der Waals surface area contributed by atoms with Crippen LogP contribution in [0.2, 0.25) is 0 Å². The number of nitrogens with two attached hydrogens (primary N) is 1. The predicted octanol–water partition coefficient (Wildman–Crippen LogP) is 0.492. The Kier molecular flexibility index (Phi) is 8.42. The molecule has 214 valence electrons. The van der Waals surface area contributed by atoms with Crippen LogP contribution in [0.15, 0.2) is 40.2 Å². The van der Waals surface area contributed by atoms with E-state index in [0.717, 1.165) is 17.4 Å². The van der Waals surface area contributed by atoms with Gasteiger partial charge in [0.05, 0.1) is 30.7 Å². The second-order valence-electron chi connectivity index (χ2n) is 9.80. The van der Waals surface area contributed by atoms with Gasteiger partial charge >= 0.3 is 11.7 Å². The zero-order valence-electron chi connectivity index (χ0n) is 23.1. The number of anilines is 1. The lowest BCUT2D eigenvalue weighted by Gasteiger charge is -2.31. The first-order chi connectivity index (χ1) is 19.9. The number of esters is 1. The summed E-state index contributed by atoms with van der Waals surface area (Å²) in [6.07, 6.45) is 4.91. The smallest absolute Gasteiger partial charge is 0.333 e. The minimum atomic E-state index is -0.682. The number of nitrogens with zero attached hydrogens (tertiary/aromatic N) is 7. The Hall–Kier alpha value is -4.54. The van der Waals surface area contributed by atoms with Crippen molar-refractivity contribution >= 4 is 34.1 Å². The third-order valence-corrected chi connectivity index (χ3v) is 6.96. The number of ether oxygens (including phenoxy) is 2. The van der Waals surface area contributed by atoms with Gasteiger partial charge in [0.15, 0.2) is 11.2 Å². The highest BCUT2D eigenvalue weighted by molar-refractivity contribution is 5.78. The number of hydrogen-bond acceptors (Lipinski definition) is 10. The number of carbonyl (C=O) groups excluding carboxylic acids is 1. The Bertz CT molecular complexity index is 1760. The van der Waals surface area contributed by atoms with Crippen molar-refractivity contribution in [3.05, 3.63) is 57.0 Å². The predicted molar refractivity (Wildman–Crippen MR) is 153 cm³/mol. The zero-order valence-corrected chi connectivity index (χ0v) is 23.1. The van der Waals surface area contributed by atoms with Gasteiger partial charge in [-0.05, 0) is 37.5 Å². The molecule has 1 saturated heterocycles. The molecule has 41 heavy (non-hydrogen) atoms. The number of benzene rings is 1. The highest BCUT2D eigenvalue weighted by Crippen LogP contribution is 2.23. The van der Waals surface area contributed by atoms with Gasteiger partial charge in [-0.15, -0.1) is 5.92 Å². The van der Waals surface area contributed by atoms with E-state index in [1.54, 1.807) is 42.1 Å². The van der Waals surface area contributed by atoms with Crippen molar-refractivity contribution in [2.75, 3.05) is 38.3 Å². The maximum atomic E-state index is 14.0. The first-order valence-electron chi connectivity index (χ1n) is 13.4. The first-order valence-corrected chi connectivity index (χ1v) is 13.4. The summed E-state index contributed by atoms with van der Waals surface area (Å²) in [6, 6.07) is 5.30. The second kappa shape index (κ2) is 12.3. The normalized spacial score (nSPS) is 15.2. The van der Waals surface area contributed by atoms with Crippen molar-refractivity contribution in [3.63, 3.8) is 0 Å². The summed E-state index contributed by atoms with van der Waals surface area (Å²) in [4.78, 5) is 56.0. The average molecular weight is 561 g/mol. The lowest BCUT2D eigenvalue weighted by Crippen LogP contribution is -2.44. The van der Waals surface area contributed by atoms with Crippen molar-refractivity contribution in [2.45, 2.75) is 45.4 Å². The lowest BCUT2D eigenvalue weighted by atomic mass is 10.1. The molecule has 0 bridgehead atoms. The molecule has 0 amide bonds. The van der Waals surface area contributed by atoms with Crippen LogP contribution >= 0.6 is 0 Å². The summed E-state index contributed by atoms with van der Waals surface area (Å²) >= 11 is 0. The fourth-order valence-electron chi connectivity index (χ4n) is 5.01. The Balaban J connectivity index is 1.69. The Morgan fingerprint density at radius 3 is 2.68 bits per heavy atom. The molecule has 1 atom stereocenters. The van der Waals surface area contributed by atoms with E-state index in [0.29, 0.717) is 35.6 Å². The zero-order chi connectivity index (χ0) is 28.9. The highest BCUT2D eigenvalue weighted by atomic mass is 16.6. The molecule has 4 aromatic rings. The van der Waals surface area contributed by atoms with E-state index >= 15 is 0 Å². The molecule has 1 unspecified atom stereocenters. The number of fused-ring (bicyclic) bond motifs is 2. The molecule has 1 aliphatic heterocycles. The maximum Gasteiger partial charge on any atom is 0.333 e.